The molecule has 0 atom stereocenters. The van der Waals surface area contributed by atoms with Crippen LogP contribution in [0.15, 0.2) is 6.07 Å². The van der Waals surface area contributed by atoms with Crippen LogP contribution in [0.3, 0.4) is 0 Å². The van der Waals surface area contributed by atoms with Gasteiger partial charge in [-0.15, -0.1) is 0 Å². The number of carbonyl (C=O) groups excluding carboxylic acids is 1. The SMILES string of the molecule is CCc1cc(CC(=O)CCNC2CC2)n(C)n1. The van der Waals surface area contributed by atoms with Crippen LogP contribution in [-0.2, 0) is 24.7 Å². The zero-order valence-corrected chi connectivity index (χ0v) is 10.7. The first-order valence-electron chi connectivity index (χ1n) is 6.46. The molecule has 1 saturated carbocycles. The highest BCUT2D eigenvalue weighted by Crippen LogP contribution is 2.18. The number of aryl methyl sites for hydroxylation is 2. The number of rotatable bonds is 7. The van der Waals surface area contributed by atoms with Crippen molar-refractivity contribution < 1.29 is 4.79 Å². The fourth-order valence-electron chi connectivity index (χ4n) is 1.90. The Morgan fingerprint density at radius 2 is 2.35 bits per heavy atom. The highest BCUT2D eigenvalue weighted by atomic mass is 16.1. The minimum Gasteiger partial charge on any atom is -0.314 e. The molecule has 4 heteroatoms. The van der Waals surface area contributed by atoms with Crippen LogP contribution in [0.1, 0.15) is 37.6 Å². The number of hydrogen-bond acceptors (Lipinski definition) is 3. The van der Waals surface area contributed by atoms with Gasteiger partial charge in [0.2, 0.25) is 0 Å². The van der Waals surface area contributed by atoms with Gasteiger partial charge in [-0.25, -0.2) is 0 Å². The molecule has 0 spiro atoms. The van der Waals surface area contributed by atoms with Crippen molar-refractivity contribution in [3.8, 4) is 0 Å². The molecule has 17 heavy (non-hydrogen) atoms. The minimum atomic E-state index is 0.295. The van der Waals surface area contributed by atoms with Gasteiger partial charge in [-0.1, -0.05) is 6.92 Å². The smallest absolute Gasteiger partial charge is 0.140 e. The number of nitrogens with one attached hydrogen (secondary N) is 1. The molecule has 0 unspecified atom stereocenters. The summed E-state index contributed by atoms with van der Waals surface area (Å²) in [5, 5.41) is 7.71. The quantitative estimate of drug-likeness (QED) is 0.773. The molecule has 0 aromatic carbocycles. The second kappa shape index (κ2) is 5.45. The van der Waals surface area contributed by atoms with Crippen LogP contribution in [0.4, 0.5) is 0 Å². The number of Topliss-reactive ketones (excluding diaryl/α,β-unsaturated/α-hetero) is 1. The maximum atomic E-state index is 11.8. The third kappa shape index (κ3) is 3.66. The van der Waals surface area contributed by atoms with Crippen molar-refractivity contribution in [2.45, 2.75) is 45.1 Å². The number of hydrogen-bond donors (Lipinski definition) is 1. The van der Waals surface area contributed by atoms with Crippen molar-refractivity contribution in [1.82, 2.24) is 15.1 Å². The topological polar surface area (TPSA) is 46.9 Å². The Morgan fingerprint density at radius 1 is 1.59 bits per heavy atom. The molecule has 0 aliphatic heterocycles. The molecule has 1 aliphatic rings. The first kappa shape index (κ1) is 12.3. The Labute approximate surface area is 102 Å². The number of ketones is 1. The third-order valence-electron chi connectivity index (χ3n) is 3.18. The maximum absolute atomic E-state index is 11.8. The molecular weight excluding hydrogens is 214 g/mol. The predicted molar refractivity (Wildman–Crippen MR) is 66.9 cm³/mol. The average molecular weight is 235 g/mol. The van der Waals surface area contributed by atoms with E-state index in [9.17, 15) is 4.79 Å². The van der Waals surface area contributed by atoms with E-state index in [-0.39, 0.29) is 0 Å². The maximum Gasteiger partial charge on any atom is 0.140 e. The van der Waals surface area contributed by atoms with Gasteiger partial charge in [0.05, 0.1) is 5.69 Å². The largest absolute Gasteiger partial charge is 0.314 e. The van der Waals surface area contributed by atoms with E-state index in [1.165, 1.54) is 12.8 Å². The average Bonchev–Trinajstić information content (AvgIpc) is 3.04. The van der Waals surface area contributed by atoms with E-state index in [1.54, 1.807) is 0 Å². The van der Waals surface area contributed by atoms with Crippen molar-refractivity contribution in [1.29, 1.82) is 0 Å². The van der Waals surface area contributed by atoms with Crippen molar-refractivity contribution in [2.75, 3.05) is 6.54 Å². The van der Waals surface area contributed by atoms with Crippen LogP contribution < -0.4 is 5.32 Å². The van der Waals surface area contributed by atoms with Gasteiger partial charge in [-0.2, -0.15) is 5.10 Å². The van der Waals surface area contributed by atoms with Gasteiger partial charge in [0.25, 0.3) is 0 Å². The van der Waals surface area contributed by atoms with E-state index in [2.05, 4.69) is 17.3 Å². The van der Waals surface area contributed by atoms with Crippen molar-refractivity contribution in [3.05, 3.63) is 17.5 Å². The molecule has 1 heterocycles. The highest BCUT2D eigenvalue weighted by Gasteiger charge is 2.20. The molecule has 1 fully saturated rings. The van der Waals surface area contributed by atoms with Gasteiger partial charge in [0.15, 0.2) is 0 Å². The van der Waals surface area contributed by atoms with E-state index in [0.717, 1.165) is 24.4 Å². The summed E-state index contributed by atoms with van der Waals surface area (Å²) in [7, 11) is 1.91. The van der Waals surface area contributed by atoms with Crippen LogP contribution in [0.5, 0.6) is 0 Å². The van der Waals surface area contributed by atoms with Crippen molar-refractivity contribution in [2.24, 2.45) is 7.05 Å². The molecule has 0 bridgehead atoms. The van der Waals surface area contributed by atoms with E-state index >= 15 is 0 Å². The molecule has 1 aromatic heterocycles. The van der Waals surface area contributed by atoms with E-state index in [1.807, 2.05) is 17.8 Å². The van der Waals surface area contributed by atoms with Crippen molar-refractivity contribution >= 4 is 5.78 Å². The van der Waals surface area contributed by atoms with Crippen LogP contribution >= 0.6 is 0 Å². The molecule has 1 N–H and O–H groups in total. The molecule has 2 rings (SSSR count). The number of carbonyl (C=O) groups is 1. The fraction of sp³-hybridized carbons (Fsp3) is 0.692. The Kier molecular flexibility index (Phi) is 3.94. The zero-order valence-electron chi connectivity index (χ0n) is 10.7. The van der Waals surface area contributed by atoms with Gasteiger partial charge in [0, 0.05) is 38.2 Å². The zero-order chi connectivity index (χ0) is 12.3. The fourth-order valence-corrected chi connectivity index (χ4v) is 1.90. The van der Waals surface area contributed by atoms with Gasteiger partial charge in [0.1, 0.15) is 5.78 Å². The summed E-state index contributed by atoms with van der Waals surface area (Å²) in [5.41, 5.74) is 2.09. The summed E-state index contributed by atoms with van der Waals surface area (Å²) in [6.45, 7) is 2.90. The molecule has 1 aromatic rings. The monoisotopic (exact) mass is 235 g/mol. The highest BCUT2D eigenvalue weighted by molar-refractivity contribution is 5.80. The third-order valence-corrected chi connectivity index (χ3v) is 3.18. The molecule has 94 valence electrons. The summed E-state index contributed by atoms with van der Waals surface area (Å²) < 4.78 is 1.82. The number of aromatic nitrogens is 2. The summed E-state index contributed by atoms with van der Waals surface area (Å²) >= 11 is 0. The van der Waals surface area contributed by atoms with Crippen LogP contribution in [0.25, 0.3) is 0 Å². The molecule has 1 aliphatic carbocycles. The molecule has 4 nitrogen and oxygen atoms in total. The Morgan fingerprint density at radius 3 is 2.94 bits per heavy atom. The van der Waals surface area contributed by atoms with Crippen molar-refractivity contribution in [3.63, 3.8) is 0 Å². The first-order valence-corrected chi connectivity index (χ1v) is 6.46. The lowest BCUT2D eigenvalue weighted by atomic mass is 10.1. The second-order valence-corrected chi connectivity index (χ2v) is 4.80. The number of nitrogens with zero attached hydrogens (tertiary/aromatic N) is 2. The Bertz CT molecular complexity index is 393. The summed E-state index contributed by atoms with van der Waals surface area (Å²) in [4.78, 5) is 11.8. The van der Waals surface area contributed by atoms with E-state index < -0.39 is 0 Å². The van der Waals surface area contributed by atoms with Gasteiger partial charge in [-0.05, 0) is 25.3 Å². The van der Waals surface area contributed by atoms with Gasteiger partial charge >= 0.3 is 0 Å². The molecule has 0 saturated heterocycles. The van der Waals surface area contributed by atoms with E-state index in [0.29, 0.717) is 24.7 Å². The normalized spacial score (nSPS) is 15.2. The molecular formula is C13H21N3O. The summed E-state index contributed by atoms with van der Waals surface area (Å²) in [5.74, 6) is 0.295. The minimum absolute atomic E-state index is 0.295. The predicted octanol–water partition coefficient (Wildman–Crippen LogP) is 1.24. The molecule has 0 amide bonds. The van der Waals surface area contributed by atoms with Crippen LogP contribution in [0.2, 0.25) is 0 Å². The van der Waals surface area contributed by atoms with Gasteiger partial charge < -0.3 is 5.32 Å². The standard InChI is InChI=1S/C13H21N3O/c1-3-10-8-12(16(2)15-10)9-13(17)6-7-14-11-4-5-11/h8,11,14H,3-7,9H2,1-2H3. The first-order chi connectivity index (χ1) is 8.19. The lowest BCUT2D eigenvalue weighted by molar-refractivity contribution is -0.118. The summed E-state index contributed by atoms with van der Waals surface area (Å²) in [6.07, 6.45) is 4.61. The Balaban J connectivity index is 1.77. The lowest BCUT2D eigenvalue weighted by Crippen LogP contribution is -2.21. The Hall–Kier alpha value is -1.16. The second-order valence-electron chi connectivity index (χ2n) is 4.80. The van der Waals surface area contributed by atoms with Gasteiger partial charge in [-0.3, -0.25) is 9.48 Å². The van der Waals surface area contributed by atoms with Crippen LogP contribution in [-0.4, -0.2) is 28.2 Å². The lowest BCUT2D eigenvalue weighted by Gasteiger charge is -2.03. The van der Waals surface area contributed by atoms with E-state index in [4.69, 9.17) is 0 Å². The summed E-state index contributed by atoms with van der Waals surface area (Å²) in [6, 6.07) is 2.72. The molecule has 0 radical (unpaired) electrons. The van der Waals surface area contributed by atoms with Crippen LogP contribution in [0, 0.1) is 0 Å².